The largest absolute Gasteiger partial charge is 0.508 e. The molecule has 3 aliphatic rings. The van der Waals surface area contributed by atoms with E-state index in [1.807, 2.05) is 6.07 Å². The Kier molecular flexibility index (Phi) is 6.16. The lowest BCUT2D eigenvalue weighted by Gasteiger charge is -2.58. The molecule has 2 fully saturated rings. The van der Waals surface area contributed by atoms with Gasteiger partial charge >= 0.3 is 11.9 Å². The minimum atomic E-state index is -2.27. The normalized spacial score (nSPS) is 30.0. The summed E-state index contributed by atoms with van der Waals surface area (Å²) in [6.45, 7) is 1.22. The Morgan fingerprint density at radius 1 is 1.10 bits per heavy atom. The first-order valence-corrected chi connectivity index (χ1v) is 10.0. The number of phenols is 1. The first-order chi connectivity index (χ1) is 13.7. The van der Waals surface area contributed by atoms with Crippen LogP contribution in [0.5, 0.6) is 5.75 Å². The molecule has 160 valence electrons. The fraction of sp³-hybridized carbons (Fsp3) is 0.619. The van der Waals surface area contributed by atoms with Crippen molar-refractivity contribution in [3.63, 3.8) is 0 Å². The molecule has 1 aliphatic heterocycles. The van der Waals surface area contributed by atoms with Gasteiger partial charge in [-0.1, -0.05) is 18.9 Å². The van der Waals surface area contributed by atoms with Crippen molar-refractivity contribution < 1.29 is 35.1 Å². The highest BCUT2D eigenvalue weighted by Gasteiger charge is 2.53. The zero-order valence-corrected chi connectivity index (χ0v) is 16.5. The maximum absolute atomic E-state index is 9.91. The average Bonchev–Trinajstić information content (AvgIpc) is 2.70. The van der Waals surface area contributed by atoms with Crippen molar-refractivity contribution in [2.24, 2.45) is 5.92 Å². The summed E-state index contributed by atoms with van der Waals surface area (Å²) in [5.41, 5.74) is 3.36. The summed E-state index contributed by atoms with van der Waals surface area (Å²) in [7, 11) is 2.30. The van der Waals surface area contributed by atoms with Crippen LogP contribution < -0.4 is 0 Å². The third kappa shape index (κ3) is 3.97. The molecule has 5 N–H and O–H groups in total. The lowest BCUT2D eigenvalue weighted by Crippen LogP contribution is -2.59. The Hall–Kier alpha value is -2.16. The van der Waals surface area contributed by atoms with E-state index in [-0.39, 0.29) is 0 Å². The van der Waals surface area contributed by atoms with E-state index in [2.05, 4.69) is 24.1 Å². The number of aliphatic hydroxyl groups is 2. The van der Waals surface area contributed by atoms with Crippen molar-refractivity contribution in [1.82, 2.24) is 4.90 Å². The molecule has 4 rings (SSSR count). The van der Waals surface area contributed by atoms with Gasteiger partial charge in [0.05, 0.1) is 0 Å². The van der Waals surface area contributed by atoms with Gasteiger partial charge in [0.15, 0.2) is 12.2 Å². The lowest BCUT2D eigenvalue weighted by atomic mass is 9.52. The standard InChI is InChI=1S/C17H23NO.C4H6O6/c1-18-9-8-17-7-3-2-4-14(17)16(18)10-12-5-6-13(19)11-15(12)17;5-1(3(7)8)2(6)4(9)10/h5-6,11,14,16,19H,2-4,7-10H2,1H3;1-2,5-6H,(H,7,8)(H,9,10)/t14-,16-,17+;1-,2-/m01/s1. The van der Waals surface area contributed by atoms with Crippen molar-refractivity contribution in [2.75, 3.05) is 13.6 Å². The number of aliphatic hydroxyl groups excluding tert-OH is 2. The molecule has 1 saturated carbocycles. The highest BCUT2D eigenvalue weighted by atomic mass is 16.4. The molecule has 0 radical (unpaired) electrons. The van der Waals surface area contributed by atoms with Crippen LogP contribution in [0.1, 0.15) is 43.2 Å². The highest BCUT2D eigenvalue weighted by molar-refractivity contribution is 5.83. The quantitative estimate of drug-likeness (QED) is 0.499. The van der Waals surface area contributed by atoms with E-state index in [0.29, 0.717) is 11.2 Å². The maximum atomic E-state index is 9.91. The molecule has 2 aliphatic carbocycles. The number of carboxylic acids is 2. The Morgan fingerprint density at radius 2 is 1.76 bits per heavy atom. The summed E-state index contributed by atoms with van der Waals surface area (Å²) in [6.07, 6.45) is 3.39. The summed E-state index contributed by atoms with van der Waals surface area (Å²) in [5.74, 6) is -2.27. The van der Waals surface area contributed by atoms with Gasteiger partial charge in [-0.2, -0.15) is 0 Å². The summed E-state index contributed by atoms with van der Waals surface area (Å²) >= 11 is 0. The average molecular weight is 407 g/mol. The van der Waals surface area contributed by atoms with Crippen molar-refractivity contribution in [3.8, 4) is 5.75 Å². The molecule has 2 bridgehead atoms. The monoisotopic (exact) mass is 407 g/mol. The van der Waals surface area contributed by atoms with Gasteiger partial charge in [-0.15, -0.1) is 0 Å². The highest BCUT2D eigenvalue weighted by Crippen LogP contribution is 2.55. The number of fused-ring (bicyclic) bond motifs is 1. The summed E-state index contributed by atoms with van der Waals surface area (Å²) in [6, 6.07) is 6.85. The SMILES string of the molecule is CN1CC[C@]23CCCC[C@H]2[C@@H]1Cc1ccc(O)cc13.O=C(O)[C@H](O)[C@@H](O)C(=O)O. The van der Waals surface area contributed by atoms with Crippen molar-refractivity contribution in [3.05, 3.63) is 29.3 Å². The predicted molar refractivity (Wildman–Crippen MR) is 104 cm³/mol. The van der Waals surface area contributed by atoms with Gasteiger partial charge in [-0.25, -0.2) is 9.59 Å². The molecular formula is C21H29NO7. The second-order valence-electron chi connectivity index (χ2n) is 8.42. The molecule has 0 aromatic heterocycles. The zero-order valence-electron chi connectivity index (χ0n) is 16.5. The van der Waals surface area contributed by atoms with E-state index in [0.717, 1.165) is 12.0 Å². The summed E-state index contributed by atoms with van der Waals surface area (Å²) in [5, 5.41) is 42.4. The Labute approximate surface area is 169 Å². The molecule has 0 amide bonds. The fourth-order valence-electron chi connectivity index (χ4n) is 5.45. The van der Waals surface area contributed by atoms with E-state index < -0.39 is 24.1 Å². The van der Waals surface area contributed by atoms with Gasteiger partial charge < -0.3 is 30.4 Å². The molecule has 1 heterocycles. The van der Waals surface area contributed by atoms with Gasteiger partial charge in [0.25, 0.3) is 0 Å². The molecular weight excluding hydrogens is 378 g/mol. The van der Waals surface area contributed by atoms with E-state index in [1.165, 1.54) is 56.2 Å². The van der Waals surface area contributed by atoms with E-state index in [9.17, 15) is 14.7 Å². The molecule has 1 saturated heterocycles. The minimum Gasteiger partial charge on any atom is -0.508 e. The number of hydrogen-bond acceptors (Lipinski definition) is 6. The number of carbonyl (C=O) groups is 2. The van der Waals surface area contributed by atoms with Gasteiger partial charge in [0.1, 0.15) is 5.75 Å². The van der Waals surface area contributed by atoms with Gasteiger partial charge in [-0.05, 0) is 68.5 Å². The number of aliphatic carboxylic acids is 2. The Morgan fingerprint density at radius 3 is 2.38 bits per heavy atom. The van der Waals surface area contributed by atoms with Crippen LogP contribution in [0.25, 0.3) is 0 Å². The number of piperidine rings is 1. The van der Waals surface area contributed by atoms with Crippen LogP contribution in [0, 0.1) is 5.92 Å². The van der Waals surface area contributed by atoms with Crippen LogP contribution in [-0.2, 0) is 21.4 Å². The van der Waals surface area contributed by atoms with Gasteiger partial charge in [0.2, 0.25) is 0 Å². The number of aromatic hydroxyl groups is 1. The number of hydrogen-bond donors (Lipinski definition) is 5. The maximum Gasteiger partial charge on any atom is 0.335 e. The van der Waals surface area contributed by atoms with Crippen LogP contribution in [-0.4, -0.2) is 74.2 Å². The minimum absolute atomic E-state index is 0.377. The summed E-state index contributed by atoms with van der Waals surface area (Å²) < 4.78 is 0. The number of phenolic OH excluding ortho intramolecular Hbond substituents is 1. The number of likely N-dealkylation sites (N-methyl/N-ethyl adjacent to an activating group) is 1. The van der Waals surface area contributed by atoms with E-state index >= 15 is 0 Å². The van der Waals surface area contributed by atoms with Crippen molar-refractivity contribution >= 4 is 11.9 Å². The van der Waals surface area contributed by atoms with Crippen LogP contribution in [0.3, 0.4) is 0 Å². The molecule has 1 aromatic rings. The molecule has 0 unspecified atom stereocenters. The second-order valence-corrected chi connectivity index (χ2v) is 8.42. The first-order valence-electron chi connectivity index (χ1n) is 10.0. The van der Waals surface area contributed by atoms with E-state index in [1.54, 1.807) is 0 Å². The second kappa shape index (κ2) is 8.30. The third-order valence-electron chi connectivity index (χ3n) is 6.90. The van der Waals surface area contributed by atoms with Crippen LogP contribution in [0.4, 0.5) is 0 Å². The lowest BCUT2D eigenvalue weighted by molar-refractivity contribution is -0.165. The number of rotatable bonds is 3. The van der Waals surface area contributed by atoms with Crippen LogP contribution >= 0.6 is 0 Å². The van der Waals surface area contributed by atoms with Crippen LogP contribution in [0.2, 0.25) is 0 Å². The predicted octanol–water partition coefficient (Wildman–Crippen LogP) is 0.958. The molecule has 8 nitrogen and oxygen atoms in total. The third-order valence-corrected chi connectivity index (χ3v) is 6.90. The molecule has 0 spiro atoms. The number of carboxylic acid groups (broad SMARTS) is 2. The molecule has 8 heteroatoms. The van der Waals surface area contributed by atoms with Crippen LogP contribution in [0.15, 0.2) is 18.2 Å². The van der Waals surface area contributed by atoms with Crippen molar-refractivity contribution in [2.45, 2.75) is 62.2 Å². The topological polar surface area (TPSA) is 139 Å². The smallest absolute Gasteiger partial charge is 0.335 e. The number of likely N-dealkylation sites (tertiary alicyclic amines) is 1. The molecule has 29 heavy (non-hydrogen) atoms. The number of benzene rings is 1. The zero-order chi connectivity index (χ0) is 21.3. The Bertz CT molecular complexity index is 764. The van der Waals surface area contributed by atoms with Gasteiger partial charge in [-0.3, -0.25) is 0 Å². The van der Waals surface area contributed by atoms with Gasteiger partial charge in [0, 0.05) is 11.5 Å². The van der Waals surface area contributed by atoms with Crippen molar-refractivity contribution in [1.29, 1.82) is 0 Å². The summed E-state index contributed by atoms with van der Waals surface area (Å²) in [4.78, 5) is 22.1. The molecule has 1 aromatic carbocycles. The first kappa shape index (κ1) is 21.5. The Balaban J connectivity index is 0.000000207. The molecule has 5 atom stereocenters. The number of nitrogens with zero attached hydrogens (tertiary/aromatic N) is 1. The fourth-order valence-corrected chi connectivity index (χ4v) is 5.45. The van der Waals surface area contributed by atoms with E-state index in [4.69, 9.17) is 20.4 Å².